The summed E-state index contributed by atoms with van der Waals surface area (Å²) in [4.78, 5) is 12.1. The average molecular weight is 262 g/mol. The zero-order valence-corrected chi connectivity index (χ0v) is 10.8. The van der Waals surface area contributed by atoms with Crippen LogP contribution in [0.4, 0.5) is 15.9 Å². The fourth-order valence-electron chi connectivity index (χ4n) is 1.74. The number of carbonyl (C=O) groups is 1. The second-order valence-corrected chi connectivity index (χ2v) is 4.02. The topological polar surface area (TPSA) is 59.0 Å². The monoisotopic (exact) mass is 262 g/mol. The van der Waals surface area contributed by atoms with E-state index in [4.69, 9.17) is 0 Å². The SMILES string of the molecule is CCNc1c(F)cccc1C(=O)Nc1ccn(C)n1. The Bertz CT molecular complexity index is 594. The molecule has 0 bridgehead atoms. The minimum absolute atomic E-state index is 0.207. The molecule has 0 radical (unpaired) electrons. The van der Waals surface area contributed by atoms with Gasteiger partial charge in [0.15, 0.2) is 5.82 Å². The Hall–Kier alpha value is -2.37. The van der Waals surface area contributed by atoms with E-state index in [1.165, 1.54) is 12.1 Å². The highest BCUT2D eigenvalue weighted by atomic mass is 19.1. The summed E-state index contributed by atoms with van der Waals surface area (Å²) in [5, 5.41) is 9.53. The molecule has 0 fully saturated rings. The molecule has 0 saturated heterocycles. The molecule has 1 aromatic heterocycles. The molecule has 0 aliphatic heterocycles. The quantitative estimate of drug-likeness (QED) is 0.888. The van der Waals surface area contributed by atoms with Gasteiger partial charge in [-0.2, -0.15) is 5.10 Å². The van der Waals surface area contributed by atoms with Gasteiger partial charge in [-0.25, -0.2) is 4.39 Å². The van der Waals surface area contributed by atoms with Gasteiger partial charge in [0.05, 0.1) is 11.3 Å². The van der Waals surface area contributed by atoms with Crippen LogP contribution in [0.15, 0.2) is 30.5 Å². The number of para-hydroxylation sites is 1. The van der Waals surface area contributed by atoms with Crippen molar-refractivity contribution in [1.29, 1.82) is 0 Å². The average Bonchev–Trinajstić information content (AvgIpc) is 2.77. The van der Waals surface area contributed by atoms with Gasteiger partial charge in [0.2, 0.25) is 0 Å². The first-order valence-electron chi connectivity index (χ1n) is 5.95. The van der Waals surface area contributed by atoms with E-state index in [0.717, 1.165) is 0 Å². The molecule has 1 heterocycles. The maximum atomic E-state index is 13.7. The van der Waals surface area contributed by atoms with E-state index in [2.05, 4.69) is 15.7 Å². The van der Waals surface area contributed by atoms with Crippen LogP contribution in [0.1, 0.15) is 17.3 Å². The fourth-order valence-corrected chi connectivity index (χ4v) is 1.74. The lowest BCUT2D eigenvalue weighted by Gasteiger charge is -2.10. The predicted molar refractivity (Wildman–Crippen MR) is 71.7 cm³/mol. The molecule has 0 spiro atoms. The number of nitrogens with zero attached hydrogens (tertiary/aromatic N) is 2. The number of benzene rings is 1. The molecule has 6 heteroatoms. The van der Waals surface area contributed by atoms with Gasteiger partial charge in [-0.1, -0.05) is 6.07 Å². The summed E-state index contributed by atoms with van der Waals surface area (Å²) in [6.45, 7) is 2.37. The standard InChI is InChI=1S/C13H15FN4O/c1-3-15-12-9(5-4-6-10(12)14)13(19)16-11-7-8-18(2)17-11/h4-8,15H,3H2,1-2H3,(H,16,17,19). The van der Waals surface area contributed by atoms with Gasteiger partial charge in [-0.15, -0.1) is 0 Å². The summed E-state index contributed by atoms with van der Waals surface area (Å²) in [6, 6.07) is 6.06. The smallest absolute Gasteiger partial charge is 0.259 e. The summed E-state index contributed by atoms with van der Waals surface area (Å²) in [6.07, 6.45) is 1.71. The van der Waals surface area contributed by atoms with Crippen LogP contribution in [0.3, 0.4) is 0 Å². The van der Waals surface area contributed by atoms with Gasteiger partial charge < -0.3 is 10.6 Å². The van der Waals surface area contributed by atoms with Gasteiger partial charge in [-0.3, -0.25) is 9.48 Å². The van der Waals surface area contributed by atoms with E-state index in [9.17, 15) is 9.18 Å². The zero-order chi connectivity index (χ0) is 13.8. The van der Waals surface area contributed by atoms with Crippen LogP contribution < -0.4 is 10.6 Å². The molecular formula is C13H15FN4O. The number of rotatable bonds is 4. The first-order valence-corrected chi connectivity index (χ1v) is 5.95. The van der Waals surface area contributed by atoms with Gasteiger partial charge in [0.25, 0.3) is 5.91 Å². The molecule has 0 saturated carbocycles. The Morgan fingerprint density at radius 2 is 2.21 bits per heavy atom. The number of nitrogens with one attached hydrogen (secondary N) is 2. The van der Waals surface area contributed by atoms with Crippen molar-refractivity contribution in [2.75, 3.05) is 17.2 Å². The molecule has 5 nitrogen and oxygen atoms in total. The summed E-state index contributed by atoms with van der Waals surface area (Å²) < 4.78 is 15.3. The number of anilines is 2. The lowest BCUT2D eigenvalue weighted by Crippen LogP contribution is -2.16. The number of amides is 1. The van der Waals surface area contributed by atoms with E-state index in [1.807, 2.05) is 6.92 Å². The summed E-state index contributed by atoms with van der Waals surface area (Å²) >= 11 is 0. The van der Waals surface area contributed by atoms with Crippen molar-refractivity contribution >= 4 is 17.4 Å². The third kappa shape index (κ3) is 2.90. The second kappa shape index (κ2) is 5.51. The van der Waals surface area contributed by atoms with Gasteiger partial charge in [-0.05, 0) is 19.1 Å². The molecule has 2 rings (SSSR count). The normalized spacial score (nSPS) is 10.3. The Morgan fingerprint density at radius 1 is 1.42 bits per heavy atom. The molecule has 0 atom stereocenters. The van der Waals surface area contributed by atoms with Crippen molar-refractivity contribution in [3.8, 4) is 0 Å². The zero-order valence-electron chi connectivity index (χ0n) is 10.8. The van der Waals surface area contributed by atoms with E-state index < -0.39 is 11.7 Å². The van der Waals surface area contributed by atoms with Gasteiger partial charge in [0, 0.05) is 25.9 Å². The van der Waals surface area contributed by atoms with Crippen LogP contribution in [-0.2, 0) is 7.05 Å². The highest BCUT2D eigenvalue weighted by Gasteiger charge is 2.15. The summed E-state index contributed by atoms with van der Waals surface area (Å²) in [7, 11) is 1.75. The maximum absolute atomic E-state index is 13.7. The minimum Gasteiger partial charge on any atom is -0.382 e. The first kappa shape index (κ1) is 13.1. The number of hydrogen-bond donors (Lipinski definition) is 2. The number of hydrogen-bond acceptors (Lipinski definition) is 3. The van der Waals surface area contributed by atoms with Crippen molar-refractivity contribution in [2.24, 2.45) is 7.05 Å². The third-order valence-electron chi connectivity index (χ3n) is 2.57. The molecule has 2 N–H and O–H groups in total. The Balaban J connectivity index is 2.25. The molecule has 1 amide bonds. The van der Waals surface area contributed by atoms with Gasteiger partial charge >= 0.3 is 0 Å². The lowest BCUT2D eigenvalue weighted by molar-refractivity contribution is 0.102. The maximum Gasteiger partial charge on any atom is 0.259 e. The molecule has 2 aromatic rings. The van der Waals surface area contributed by atoms with E-state index in [0.29, 0.717) is 12.4 Å². The summed E-state index contributed by atoms with van der Waals surface area (Å²) in [5.74, 6) is -0.413. The first-order chi connectivity index (χ1) is 9.11. The molecule has 0 aliphatic carbocycles. The van der Waals surface area contributed by atoms with Crippen molar-refractivity contribution < 1.29 is 9.18 Å². The molecule has 100 valence electrons. The highest BCUT2D eigenvalue weighted by Crippen LogP contribution is 2.20. The molecule has 0 aliphatic rings. The molecule has 19 heavy (non-hydrogen) atoms. The van der Waals surface area contributed by atoms with Crippen LogP contribution in [0.25, 0.3) is 0 Å². The number of aryl methyl sites for hydroxylation is 1. The highest BCUT2D eigenvalue weighted by molar-refractivity contribution is 6.07. The lowest BCUT2D eigenvalue weighted by atomic mass is 10.1. The third-order valence-corrected chi connectivity index (χ3v) is 2.57. The van der Waals surface area contributed by atoms with Crippen molar-refractivity contribution in [3.63, 3.8) is 0 Å². The van der Waals surface area contributed by atoms with E-state index in [1.54, 1.807) is 30.1 Å². The number of aromatic nitrogens is 2. The minimum atomic E-state index is -0.449. The van der Waals surface area contributed by atoms with Crippen LogP contribution in [0, 0.1) is 5.82 Å². The Morgan fingerprint density at radius 3 is 2.84 bits per heavy atom. The van der Waals surface area contributed by atoms with E-state index in [-0.39, 0.29) is 11.3 Å². The van der Waals surface area contributed by atoms with Crippen LogP contribution in [0.2, 0.25) is 0 Å². The van der Waals surface area contributed by atoms with Crippen LogP contribution >= 0.6 is 0 Å². The second-order valence-electron chi connectivity index (χ2n) is 4.02. The molecule has 0 unspecified atom stereocenters. The molecular weight excluding hydrogens is 247 g/mol. The largest absolute Gasteiger partial charge is 0.382 e. The number of carbonyl (C=O) groups excluding carboxylic acids is 1. The Labute approximate surface area is 110 Å². The Kier molecular flexibility index (Phi) is 3.79. The van der Waals surface area contributed by atoms with Crippen molar-refractivity contribution in [1.82, 2.24) is 9.78 Å². The van der Waals surface area contributed by atoms with Crippen LogP contribution in [-0.4, -0.2) is 22.2 Å². The predicted octanol–water partition coefficient (Wildman–Crippen LogP) is 2.24. The fraction of sp³-hybridized carbons (Fsp3) is 0.231. The summed E-state index contributed by atoms with van der Waals surface area (Å²) in [5.41, 5.74) is 0.464. The van der Waals surface area contributed by atoms with Gasteiger partial charge in [0.1, 0.15) is 5.82 Å². The van der Waals surface area contributed by atoms with Crippen molar-refractivity contribution in [2.45, 2.75) is 6.92 Å². The number of halogens is 1. The van der Waals surface area contributed by atoms with Crippen LogP contribution in [0.5, 0.6) is 0 Å². The van der Waals surface area contributed by atoms with Crippen molar-refractivity contribution in [3.05, 3.63) is 41.8 Å². The van der Waals surface area contributed by atoms with E-state index >= 15 is 0 Å². The molecule has 1 aromatic carbocycles.